The summed E-state index contributed by atoms with van der Waals surface area (Å²) in [6, 6.07) is 15.3. The van der Waals surface area contributed by atoms with E-state index in [0.29, 0.717) is 36.8 Å². The number of nitrogens with zero attached hydrogens (tertiary/aromatic N) is 1. The lowest BCUT2D eigenvalue weighted by Gasteiger charge is -2.23. The quantitative estimate of drug-likeness (QED) is 0.556. The van der Waals surface area contributed by atoms with Gasteiger partial charge in [0.1, 0.15) is 6.61 Å². The number of carbonyl (C=O) groups is 1. The van der Waals surface area contributed by atoms with Crippen molar-refractivity contribution in [3.8, 4) is 11.5 Å². The number of unbranched alkanes of at least 4 members (excludes halogenated alkanes) is 2. The Bertz CT molecular complexity index is 719. The van der Waals surface area contributed by atoms with Gasteiger partial charge in [-0.3, -0.25) is 4.79 Å². The Morgan fingerprint density at radius 2 is 1.75 bits per heavy atom. The highest BCUT2D eigenvalue weighted by Gasteiger charge is 2.17. The minimum absolute atomic E-state index is 0.0115. The molecule has 5 nitrogen and oxygen atoms in total. The van der Waals surface area contributed by atoms with E-state index in [9.17, 15) is 4.79 Å². The Morgan fingerprint density at radius 3 is 2.43 bits per heavy atom. The van der Waals surface area contributed by atoms with Crippen molar-refractivity contribution in [1.82, 2.24) is 4.90 Å². The predicted molar refractivity (Wildman–Crippen MR) is 113 cm³/mol. The summed E-state index contributed by atoms with van der Waals surface area (Å²) in [5.41, 5.74) is 7.33. The van der Waals surface area contributed by atoms with E-state index in [4.69, 9.17) is 15.2 Å². The molecule has 1 amide bonds. The minimum atomic E-state index is 0.0115. The van der Waals surface area contributed by atoms with Crippen molar-refractivity contribution in [2.75, 3.05) is 26.7 Å². The maximum Gasteiger partial charge on any atom is 0.253 e. The SMILES string of the molecule is CCCCCN(CCCN)C(=O)c1ccc(OCc2ccccc2)c(OC)c1. The van der Waals surface area contributed by atoms with Crippen molar-refractivity contribution in [3.63, 3.8) is 0 Å². The second-order valence-electron chi connectivity index (χ2n) is 6.78. The summed E-state index contributed by atoms with van der Waals surface area (Å²) < 4.78 is 11.4. The number of benzene rings is 2. The number of carbonyl (C=O) groups excluding carboxylic acids is 1. The molecule has 0 spiro atoms. The van der Waals surface area contributed by atoms with Gasteiger partial charge in [-0.05, 0) is 43.1 Å². The largest absolute Gasteiger partial charge is 0.493 e. The van der Waals surface area contributed by atoms with Crippen LogP contribution >= 0.6 is 0 Å². The van der Waals surface area contributed by atoms with Gasteiger partial charge in [0, 0.05) is 18.7 Å². The van der Waals surface area contributed by atoms with Gasteiger partial charge >= 0.3 is 0 Å². The molecule has 0 saturated carbocycles. The summed E-state index contributed by atoms with van der Waals surface area (Å²) in [6.07, 6.45) is 4.04. The van der Waals surface area contributed by atoms with Crippen molar-refractivity contribution >= 4 is 5.91 Å². The van der Waals surface area contributed by atoms with Crippen LogP contribution < -0.4 is 15.2 Å². The first kappa shape index (κ1) is 21.8. The standard InChI is InChI=1S/C23H32N2O3/c1-3-4-8-15-25(16-9-14-24)23(26)20-12-13-21(22(17-20)27-2)28-18-19-10-6-5-7-11-19/h5-7,10-13,17H,3-4,8-9,14-16,18,24H2,1-2H3. The van der Waals surface area contributed by atoms with E-state index in [1.165, 1.54) is 0 Å². The molecule has 152 valence electrons. The number of nitrogens with two attached hydrogens (primary N) is 1. The van der Waals surface area contributed by atoms with E-state index >= 15 is 0 Å². The Kier molecular flexibility index (Phi) is 9.35. The first-order chi connectivity index (χ1) is 13.7. The molecule has 0 fully saturated rings. The molecule has 0 atom stereocenters. The van der Waals surface area contributed by atoms with Crippen LogP contribution in [0.25, 0.3) is 0 Å². The third-order valence-electron chi connectivity index (χ3n) is 4.60. The van der Waals surface area contributed by atoms with E-state index in [-0.39, 0.29) is 5.91 Å². The summed E-state index contributed by atoms with van der Waals surface area (Å²) >= 11 is 0. The summed E-state index contributed by atoms with van der Waals surface area (Å²) in [5, 5.41) is 0. The molecule has 28 heavy (non-hydrogen) atoms. The van der Waals surface area contributed by atoms with Gasteiger partial charge in [-0.1, -0.05) is 50.1 Å². The van der Waals surface area contributed by atoms with Crippen molar-refractivity contribution in [2.45, 2.75) is 39.2 Å². The summed E-state index contributed by atoms with van der Waals surface area (Å²) in [4.78, 5) is 14.9. The topological polar surface area (TPSA) is 64.8 Å². The number of hydrogen-bond donors (Lipinski definition) is 1. The number of methoxy groups -OCH3 is 1. The van der Waals surface area contributed by atoms with Crippen LogP contribution in [0, 0.1) is 0 Å². The van der Waals surface area contributed by atoms with Crippen molar-refractivity contribution in [1.29, 1.82) is 0 Å². The third-order valence-corrected chi connectivity index (χ3v) is 4.60. The number of ether oxygens (including phenoxy) is 2. The maximum atomic E-state index is 13.0. The fourth-order valence-corrected chi connectivity index (χ4v) is 2.99. The molecular weight excluding hydrogens is 352 g/mol. The molecule has 2 aromatic carbocycles. The lowest BCUT2D eigenvalue weighted by Crippen LogP contribution is -2.34. The van der Waals surface area contributed by atoms with Crippen LogP contribution in [0.15, 0.2) is 48.5 Å². The Balaban J connectivity index is 2.09. The maximum absolute atomic E-state index is 13.0. The number of amides is 1. The zero-order valence-electron chi connectivity index (χ0n) is 17.0. The molecule has 0 aliphatic carbocycles. The van der Waals surface area contributed by atoms with E-state index in [1.54, 1.807) is 19.2 Å². The van der Waals surface area contributed by atoms with Crippen LogP contribution in [0.5, 0.6) is 11.5 Å². The molecule has 2 rings (SSSR count). The van der Waals surface area contributed by atoms with Gasteiger partial charge in [0.05, 0.1) is 7.11 Å². The highest BCUT2D eigenvalue weighted by Crippen LogP contribution is 2.29. The average molecular weight is 385 g/mol. The van der Waals surface area contributed by atoms with Crippen molar-refractivity contribution in [3.05, 3.63) is 59.7 Å². The second kappa shape index (κ2) is 12.0. The normalized spacial score (nSPS) is 10.5. The average Bonchev–Trinajstić information content (AvgIpc) is 2.74. The molecule has 0 aliphatic rings. The van der Waals surface area contributed by atoms with Gasteiger partial charge in [0.25, 0.3) is 5.91 Å². The van der Waals surface area contributed by atoms with Crippen LogP contribution in [-0.4, -0.2) is 37.6 Å². The highest BCUT2D eigenvalue weighted by atomic mass is 16.5. The molecular formula is C23H32N2O3. The first-order valence-corrected chi connectivity index (χ1v) is 10.0. The molecule has 0 aromatic heterocycles. The van der Waals surface area contributed by atoms with Gasteiger partial charge in [-0.25, -0.2) is 0 Å². The van der Waals surface area contributed by atoms with Crippen molar-refractivity contribution < 1.29 is 14.3 Å². The van der Waals surface area contributed by atoms with E-state index < -0.39 is 0 Å². The summed E-state index contributed by atoms with van der Waals surface area (Å²) in [6.45, 7) is 4.61. The van der Waals surface area contributed by atoms with Crippen LogP contribution in [-0.2, 0) is 6.61 Å². The summed E-state index contributed by atoms with van der Waals surface area (Å²) in [5.74, 6) is 1.20. The van der Waals surface area contributed by atoms with E-state index in [1.807, 2.05) is 41.3 Å². The van der Waals surface area contributed by atoms with Gasteiger partial charge in [0.15, 0.2) is 11.5 Å². The van der Waals surface area contributed by atoms with E-state index in [2.05, 4.69) is 6.92 Å². The molecule has 2 aromatic rings. The molecule has 0 saturated heterocycles. The van der Waals surface area contributed by atoms with Gasteiger partial charge in [0.2, 0.25) is 0 Å². The number of rotatable bonds is 12. The molecule has 0 aliphatic heterocycles. The smallest absolute Gasteiger partial charge is 0.253 e. The lowest BCUT2D eigenvalue weighted by molar-refractivity contribution is 0.0751. The van der Waals surface area contributed by atoms with Gasteiger partial charge in [-0.2, -0.15) is 0 Å². The minimum Gasteiger partial charge on any atom is -0.493 e. The number of hydrogen-bond acceptors (Lipinski definition) is 4. The first-order valence-electron chi connectivity index (χ1n) is 10.0. The lowest BCUT2D eigenvalue weighted by atomic mass is 10.1. The van der Waals surface area contributed by atoms with Crippen LogP contribution in [0.3, 0.4) is 0 Å². The van der Waals surface area contributed by atoms with Crippen LogP contribution in [0.2, 0.25) is 0 Å². The van der Waals surface area contributed by atoms with Gasteiger partial charge < -0.3 is 20.1 Å². The fourth-order valence-electron chi connectivity index (χ4n) is 2.99. The van der Waals surface area contributed by atoms with Crippen LogP contribution in [0.1, 0.15) is 48.5 Å². The summed E-state index contributed by atoms with van der Waals surface area (Å²) in [7, 11) is 1.59. The zero-order chi connectivity index (χ0) is 20.2. The predicted octanol–water partition coefficient (Wildman–Crippen LogP) is 4.26. The molecule has 0 unspecified atom stereocenters. The fraction of sp³-hybridized carbons (Fsp3) is 0.435. The molecule has 0 heterocycles. The third kappa shape index (κ3) is 6.57. The monoisotopic (exact) mass is 384 g/mol. The van der Waals surface area contributed by atoms with Gasteiger partial charge in [-0.15, -0.1) is 0 Å². The molecule has 2 N–H and O–H groups in total. The zero-order valence-corrected chi connectivity index (χ0v) is 17.0. The Labute approximate surface area is 168 Å². The molecule has 5 heteroatoms. The molecule has 0 bridgehead atoms. The Hall–Kier alpha value is -2.53. The highest BCUT2D eigenvalue weighted by molar-refractivity contribution is 5.95. The second-order valence-corrected chi connectivity index (χ2v) is 6.78. The van der Waals surface area contributed by atoms with Crippen molar-refractivity contribution in [2.24, 2.45) is 5.73 Å². The van der Waals surface area contributed by atoms with E-state index in [0.717, 1.165) is 37.8 Å². The molecule has 0 radical (unpaired) electrons. The van der Waals surface area contributed by atoms with Crippen LogP contribution in [0.4, 0.5) is 0 Å². The Morgan fingerprint density at radius 1 is 1.00 bits per heavy atom.